The molecule has 0 bridgehead atoms. The highest BCUT2D eigenvalue weighted by atomic mass is 16.3. The lowest BCUT2D eigenvalue weighted by Crippen LogP contribution is -2.31. The molecule has 2 aromatic heterocycles. The van der Waals surface area contributed by atoms with Crippen molar-refractivity contribution in [2.45, 2.75) is 25.7 Å². The summed E-state index contributed by atoms with van der Waals surface area (Å²) in [5.74, 6) is 1.64. The van der Waals surface area contributed by atoms with Crippen molar-refractivity contribution in [2.24, 2.45) is 5.92 Å². The van der Waals surface area contributed by atoms with Crippen LogP contribution in [-0.4, -0.2) is 52.9 Å². The zero-order valence-corrected chi connectivity index (χ0v) is 14.2. The fourth-order valence-corrected chi connectivity index (χ4v) is 3.03. The molecule has 2 aromatic rings. The number of oxazole rings is 1. The average molecular weight is 329 g/mol. The Kier molecular flexibility index (Phi) is 5.08. The summed E-state index contributed by atoms with van der Waals surface area (Å²) in [7, 11) is 3.91. The van der Waals surface area contributed by atoms with E-state index in [0.29, 0.717) is 11.7 Å². The molecule has 0 spiro atoms. The van der Waals surface area contributed by atoms with Crippen LogP contribution < -0.4 is 4.90 Å². The first-order chi connectivity index (χ1) is 11.6. The molecule has 1 amide bonds. The molecule has 0 radical (unpaired) electrons. The Bertz CT molecular complexity index is 654. The van der Waals surface area contributed by atoms with Crippen LogP contribution in [0.5, 0.6) is 0 Å². The second-order valence-electron chi connectivity index (χ2n) is 6.42. The minimum Gasteiger partial charge on any atom is -0.438 e. The van der Waals surface area contributed by atoms with E-state index >= 15 is 0 Å². The third-order valence-corrected chi connectivity index (χ3v) is 4.43. The van der Waals surface area contributed by atoms with E-state index in [1.54, 1.807) is 0 Å². The summed E-state index contributed by atoms with van der Waals surface area (Å²) in [6.07, 6.45) is 10.4. The molecule has 3 rings (SSSR count). The lowest BCUT2D eigenvalue weighted by molar-refractivity contribution is 0.0728. The number of likely N-dealkylation sites (tertiary alicyclic amines) is 1. The summed E-state index contributed by atoms with van der Waals surface area (Å²) >= 11 is 0. The highest BCUT2D eigenvalue weighted by molar-refractivity contribution is 5.91. The third kappa shape index (κ3) is 3.90. The van der Waals surface area contributed by atoms with Gasteiger partial charge in [0.2, 0.25) is 5.76 Å². The van der Waals surface area contributed by atoms with E-state index in [2.05, 4.69) is 15.0 Å². The number of aromatic nitrogens is 3. The predicted molar refractivity (Wildman–Crippen MR) is 89.8 cm³/mol. The Labute approximate surface area is 141 Å². The molecule has 0 unspecified atom stereocenters. The van der Waals surface area contributed by atoms with Crippen LogP contribution in [0, 0.1) is 5.92 Å². The summed E-state index contributed by atoms with van der Waals surface area (Å²) in [5.41, 5.74) is 1.01. The van der Waals surface area contributed by atoms with Gasteiger partial charge in [0.25, 0.3) is 5.91 Å². The summed E-state index contributed by atoms with van der Waals surface area (Å²) in [4.78, 5) is 28.9. The monoisotopic (exact) mass is 329 g/mol. The molecule has 128 valence electrons. The molecule has 7 nitrogen and oxygen atoms in total. The maximum atomic E-state index is 12.3. The number of hydrogen-bond donors (Lipinski definition) is 0. The van der Waals surface area contributed by atoms with Crippen molar-refractivity contribution in [3.8, 4) is 0 Å². The van der Waals surface area contributed by atoms with E-state index in [0.717, 1.165) is 50.3 Å². The summed E-state index contributed by atoms with van der Waals surface area (Å²) in [5, 5.41) is 0. The number of nitrogens with zero attached hydrogens (tertiary/aromatic N) is 5. The standard InChI is InChI=1S/C17H23N5O2/c1-21(2)16-11-19-14(9-20-16)8-13-4-3-6-22(7-5-13)17(23)15-10-18-12-24-15/h9-13H,3-8H2,1-2H3/t13-/m1/s1. The minimum absolute atomic E-state index is 0.0664. The van der Waals surface area contributed by atoms with Gasteiger partial charge < -0.3 is 14.2 Å². The van der Waals surface area contributed by atoms with Gasteiger partial charge in [0.05, 0.1) is 24.3 Å². The van der Waals surface area contributed by atoms with Crippen molar-refractivity contribution in [1.29, 1.82) is 0 Å². The maximum absolute atomic E-state index is 12.3. The highest BCUT2D eigenvalue weighted by Crippen LogP contribution is 2.22. The van der Waals surface area contributed by atoms with E-state index in [1.165, 1.54) is 12.6 Å². The van der Waals surface area contributed by atoms with E-state index < -0.39 is 0 Å². The van der Waals surface area contributed by atoms with Gasteiger partial charge in [0.15, 0.2) is 6.39 Å². The van der Waals surface area contributed by atoms with Crippen LogP contribution in [0.3, 0.4) is 0 Å². The fraction of sp³-hybridized carbons (Fsp3) is 0.529. The van der Waals surface area contributed by atoms with Crippen molar-refractivity contribution in [2.75, 3.05) is 32.1 Å². The Balaban J connectivity index is 1.56. The second-order valence-corrected chi connectivity index (χ2v) is 6.42. The van der Waals surface area contributed by atoms with Gasteiger partial charge in [0.1, 0.15) is 5.82 Å². The molecule has 0 aromatic carbocycles. The molecule has 0 aliphatic carbocycles. The largest absolute Gasteiger partial charge is 0.438 e. The van der Waals surface area contributed by atoms with E-state index in [1.807, 2.05) is 36.3 Å². The van der Waals surface area contributed by atoms with Crippen LogP contribution in [0.2, 0.25) is 0 Å². The molecule has 1 aliphatic rings. The van der Waals surface area contributed by atoms with Crippen LogP contribution in [0.25, 0.3) is 0 Å². The predicted octanol–water partition coefficient (Wildman–Crippen LogP) is 2.02. The number of carbonyl (C=O) groups excluding carboxylic acids is 1. The number of amides is 1. The summed E-state index contributed by atoms with van der Waals surface area (Å²) in [6.45, 7) is 1.51. The molecule has 1 aliphatic heterocycles. The number of carbonyl (C=O) groups is 1. The minimum atomic E-state index is -0.0664. The van der Waals surface area contributed by atoms with E-state index in [4.69, 9.17) is 4.42 Å². The van der Waals surface area contributed by atoms with Gasteiger partial charge in [-0.25, -0.2) is 9.97 Å². The molecule has 3 heterocycles. The van der Waals surface area contributed by atoms with Crippen molar-refractivity contribution in [1.82, 2.24) is 19.9 Å². The Morgan fingerprint density at radius 3 is 2.79 bits per heavy atom. The van der Waals surface area contributed by atoms with E-state index in [9.17, 15) is 4.79 Å². The Morgan fingerprint density at radius 2 is 2.12 bits per heavy atom. The topological polar surface area (TPSA) is 75.4 Å². The molecule has 0 N–H and O–H groups in total. The Hall–Kier alpha value is -2.44. The first kappa shape index (κ1) is 16.4. The zero-order valence-electron chi connectivity index (χ0n) is 14.2. The fourth-order valence-electron chi connectivity index (χ4n) is 3.03. The van der Waals surface area contributed by atoms with Crippen molar-refractivity contribution >= 4 is 11.7 Å². The van der Waals surface area contributed by atoms with Gasteiger partial charge >= 0.3 is 0 Å². The van der Waals surface area contributed by atoms with Gasteiger partial charge in [0, 0.05) is 27.2 Å². The Morgan fingerprint density at radius 1 is 1.25 bits per heavy atom. The van der Waals surface area contributed by atoms with Gasteiger partial charge in [-0.1, -0.05) is 0 Å². The van der Waals surface area contributed by atoms with Crippen molar-refractivity contribution in [3.63, 3.8) is 0 Å². The van der Waals surface area contributed by atoms with Gasteiger partial charge in [-0.2, -0.15) is 0 Å². The lowest BCUT2D eigenvalue weighted by Gasteiger charge is -2.19. The second kappa shape index (κ2) is 7.42. The van der Waals surface area contributed by atoms with Crippen molar-refractivity contribution < 1.29 is 9.21 Å². The van der Waals surface area contributed by atoms with Crippen LogP contribution in [0.4, 0.5) is 5.82 Å². The molecule has 1 atom stereocenters. The number of anilines is 1. The normalized spacial score (nSPS) is 18.2. The number of rotatable bonds is 4. The van der Waals surface area contributed by atoms with Crippen molar-refractivity contribution in [3.05, 3.63) is 36.4 Å². The molecule has 24 heavy (non-hydrogen) atoms. The lowest BCUT2D eigenvalue weighted by atomic mass is 9.95. The molecule has 0 saturated carbocycles. The smallest absolute Gasteiger partial charge is 0.291 e. The number of hydrogen-bond acceptors (Lipinski definition) is 6. The summed E-state index contributed by atoms with van der Waals surface area (Å²) < 4.78 is 5.12. The van der Waals surface area contributed by atoms with Crippen LogP contribution >= 0.6 is 0 Å². The van der Waals surface area contributed by atoms with Crippen LogP contribution in [0.1, 0.15) is 35.5 Å². The quantitative estimate of drug-likeness (QED) is 0.854. The summed E-state index contributed by atoms with van der Waals surface area (Å²) in [6, 6.07) is 0. The van der Waals surface area contributed by atoms with E-state index in [-0.39, 0.29) is 5.91 Å². The first-order valence-electron chi connectivity index (χ1n) is 8.29. The van der Waals surface area contributed by atoms with Crippen LogP contribution in [0.15, 0.2) is 29.4 Å². The van der Waals surface area contributed by atoms with Crippen LogP contribution in [-0.2, 0) is 6.42 Å². The first-order valence-corrected chi connectivity index (χ1v) is 8.29. The molecule has 1 fully saturated rings. The zero-order chi connectivity index (χ0) is 16.9. The molecule has 7 heteroatoms. The third-order valence-electron chi connectivity index (χ3n) is 4.43. The molecular formula is C17H23N5O2. The average Bonchev–Trinajstić information content (AvgIpc) is 3.02. The molecular weight excluding hydrogens is 306 g/mol. The highest BCUT2D eigenvalue weighted by Gasteiger charge is 2.23. The molecule has 1 saturated heterocycles. The van der Waals surface area contributed by atoms with Gasteiger partial charge in [-0.05, 0) is 31.6 Å². The van der Waals surface area contributed by atoms with Gasteiger partial charge in [-0.15, -0.1) is 0 Å². The van der Waals surface area contributed by atoms with Gasteiger partial charge in [-0.3, -0.25) is 9.78 Å². The maximum Gasteiger partial charge on any atom is 0.291 e. The SMILES string of the molecule is CN(C)c1cnc(C[C@@H]2CCCN(C(=O)c3cnco3)CC2)cn1.